The zero-order valence-electron chi connectivity index (χ0n) is 15.3. The normalized spacial score (nSPS) is 13.7. The predicted molar refractivity (Wildman–Crippen MR) is 108 cm³/mol. The van der Waals surface area contributed by atoms with Crippen LogP contribution in [0, 0.1) is 12.8 Å². The Hall–Kier alpha value is -1.76. The standard InChI is InChI=1S/C19H24N2O3S.ClH/c1-13(11-20-3)19(22)21(12-16-6-4-14(2)25-16)15-5-7-17-18(10-15)24-9-8-23-17;/h4-7,10,13,20H,8-9,11-12H2,1-3H3;1H. The second-order valence-electron chi connectivity index (χ2n) is 6.22. The third-order valence-electron chi connectivity index (χ3n) is 4.15. The second-order valence-corrected chi connectivity index (χ2v) is 7.60. The van der Waals surface area contributed by atoms with E-state index in [0.717, 1.165) is 16.3 Å². The third-order valence-corrected chi connectivity index (χ3v) is 5.13. The van der Waals surface area contributed by atoms with E-state index in [1.54, 1.807) is 11.3 Å². The lowest BCUT2D eigenvalue weighted by molar-refractivity contribution is -0.121. The molecule has 0 saturated carbocycles. The van der Waals surface area contributed by atoms with E-state index in [2.05, 4.69) is 24.4 Å². The first-order valence-electron chi connectivity index (χ1n) is 8.49. The summed E-state index contributed by atoms with van der Waals surface area (Å²) in [7, 11) is 1.86. The SMILES string of the molecule is CNCC(C)C(=O)N(Cc1ccc(C)s1)c1ccc2c(c1)OCCO2.Cl. The van der Waals surface area contributed by atoms with Crippen LogP contribution < -0.4 is 19.7 Å². The van der Waals surface area contributed by atoms with Crippen molar-refractivity contribution in [1.82, 2.24) is 5.32 Å². The van der Waals surface area contributed by atoms with E-state index in [4.69, 9.17) is 9.47 Å². The summed E-state index contributed by atoms with van der Waals surface area (Å²) in [4.78, 5) is 17.3. The van der Waals surface area contributed by atoms with Crippen LogP contribution in [-0.2, 0) is 11.3 Å². The number of fused-ring (bicyclic) bond motifs is 1. The number of hydrogen-bond donors (Lipinski definition) is 1. The molecule has 2 aromatic rings. The van der Waals surface area contributed by atoms with Gasteiger partial charge in [0.2, 0.25) is 5.91 Å². The van der Waals surface area contributed by atoms with Crippen molar-refractivity contribution in [3.05, 3.63) is 40.1 Å². The van der Waals surface area contributed by atoms with E-state index in [9.17, 15) is 4.79 Å². The van der Waals surface area contributed by atoms with Gasteiger partial charge in [0.15, 0.2) is 11.5 Å². The number of carbonyl (C=O) groups is 1. The molecule has 0 radical (unpaired) electrons. The van der Waals surface area contributed by atoms with Gasteiger partial charge in [-0.25, -0.2) is 0 Å². The number of hydrogen-bond acceptors (Lipinski definition) is 5. The Kier molecular flexibility index (Phi) is 7.32. The van der Waals surface area contributed by atoms with Crippen LogP contribution in [0.5, 0.6) is 11.5 Å². The fourth-order valence-electron chi connectivity index (χ4n) is 2.88. The molecule has 1 N–H and O–H groups in total. The number of amides is 1. The third kappa shape index (κ3) is 4.69. The summed E-state index contributed by atoms with van der Waals surface area (Å²) >= 11 is 1.72. The number of halogens is 1. The number of benzene rings is 1. The number of nitrogens with one attached hydrogen (secondary N) is 1. The van der Waals surface area contributed by atoms with Gasteiger partial charge in [0, 0.05) is 34.0 Å². The summed E-state index contributed by atoms with van der Waals surface area (Å²) in [5.74, 6) is 1.42. The molecular formula is C19H25ClN2O3S. The van der Waals surface area contributed by atoms with Crippen molar-refractivity contribution in [2.24, 2.45) is 5.92 Å². The van der Waals surface area contributed by atoms with E-state index >= 15 is 0 Å². The summed E-state index contributed by atoms with van der Waals surface area (Å²) in [6.45, 7) is 6.32. The first-order valence-corrected chi connectivity index (χ1v) is 9.31. The highest BCUT2D eigenvalue weighted by atomic mass is 35.5. The van der Waals surface area contributed by atoms with Gasteiger partial charge in [0.05, 0.1) is 6.54 Å². The molecule has 0 fully saturated rings. The van der Waals surface area contributed by atoms with Crippen LogP contribution in [-0.4, -0.2) is 32.7 Å². The molecule has 1 aliphatic rings. The van der Waals surface area contributed by atoms with Crippen molar-refractivity contribution < 1.29 is 14.3 Å². The number of ether oxygens (including phenoxy) is 2. The van der Waals surface area contributed by atoms with Crippen molar-refractivity contribution in [2.45, 2.75) is 20.4 Å². The predicted octanol–water partition coefficient (Wildman–Crippen LogP) is 3.64. The van der Waals surface area contributed by atoms with Gasteiger partial charge in [-0.05, 0) is 38.2 Å². The minimum Gasteiger partial charge on any atom is -0.486 e. The molecular weight excluding hydrogens is 372 g/mol. The Balaban J connectivity index is 0.00000243. The highest BCUT2D eigenvalue weighted by Crippen LogP contribution is 2.35. The summed E-state index contributed by atoms with van der Waals surface area (Å²) in [6.07, 6.45) is 0. The quantitative estimate of drug-likeness (QED) is 0.809. The van der Waals surface area contributed by atoms with Gasteiger partial charge in [-0.3, -0.25) is 4.79 Å². The number of carbonyl (C=O) groups excluding carboxylic acids is 1. The van der Waals surface area contributed by atoms with Crippen LogP contribution in [0.1, 0.15) is 16.7 Å². The first kappa shape index (κ1) is 20.6. The lowest BCUT2D eigenvalue weighted by Gasteiger charge is -2.27. The molecule has 0 spiro atoms. The topological polar surface area (TPSA) is 50.8 Å². The van der Waals surface area contributed by atoms with Crippen molar-refractivity contribution in [2.75, 3.05) is 31.7 Å². The molecule has 1 unspecified atom stereocenters. The van der Waals surface area contributed by atoms with Crippen LogP contribution in [0.2, 0.25) is 0 Å². The molecule has 0 saturated heterocycles. The van der Waals surface area contributed by atoms with Crippen molar-refractivity contribution in [1.29, 1.82) is 0 Å². The minimum atomic E-state index is -0.112. The average molecular weight is 397 g/mol. The average Bonchev–Trinajstić information content (AvgIpc) is 3.04. The molecule has 7 heteroatoms. The van der Waals surface area contributed by atoms with Gasteiger partial charge in [-0.15, -0.1) is 23.7 Å². The lowest BCUT2D eigenvalue weighted by atomic mass is 10.1. The van der Waals surface area contributed by atoms with E-state index in [1.807, 2.05) is 37.1 Å². The first-order chi connectivity index (χ1) is 12.1. The van der Waals surface area contributed by atoms with Crippen LogP contribution >= 0.6 is 23.7 Å². The molecule has 142 valence electrons. The number of nitrogens with zero attached hydrogens (tertiary/aromatic N) is 1. The maximum Gasteiger partial charge on any atom is 0.231 e. The molecule has 1 atom stereocenters. The highest BCUT2D eigenvalue weighted by molar-refractivity contribution is 7.11. The second kappa shape index (κ2) is 9.26. The molecule has 0 aliphatic carbocycles. The van der Waals surface area contributed by atoms with E-state index in [-0.39, 0.29) is 24.2 Å². The van der Waals surface area contributed by atoms with Crippen molar-refractivity contribution in [3.63, 3.8) is 0 Å². The molecule has 0 bridgehead atoms. The molecule has 5 nitrogen and oxygen atoms in total. The summed E-state index contributed by atoms with van der Waals surface area (Å²) in [6, 6.07) is 9.88. The molecule has 1 aromatic heterocycles. The van der Waals surface area contributed by atoms with Gasteiger partial charge in [0.1, 0.15) is 13.2 Å². The summed E-state index contributed by atoms with van der Waals surface area (Å²) in [5.41, 5.74) is 0.836. The Labute approximate surface area is 164 Å². The molecule has 1 amide bonds. The van der Waals surface area contributed by atoms with Crippen LogP contribution in [0.4, 0.5) is 5.69 Å². The number of thiophene rings is 1. The van der Waals surface area contributed by atoms with Gasteiger partial charge in [0.25, 0.3) is 0 Å². The zero-order chi connectivity index (χ0) is 17.8. The fraction of sp³-hybridized carbons (Fsp3) is 0.421. The van der Waals surface area contributed by atoms with Gasteiger partial charge >= 0.3 is 0 Å². The van der Waals surface area contributed by atoms with E-state index < -0.39 is 0 Å². The minimum absolute atomic E-state index is 0. The smallest absolute Gasteiger partial charge is 0.231 e. The van der Waals surface area contributed by atoms with Crippen LogP contribution in [0.15, 0.2) is 30.3 Å². The molecule has 1 aliphatic heterocycles. The maximum absolute atomic E-state index is 13.0. The summed E-state index contributed by atoms with van der Waals surface area (Å²) < 4.78 is 11.3. The van der Waals surface area contributed by atoms with Crippen molar-refractivity contribution >= 4 is 35.3 Å². The van der Waals surface area contributed by atoms with Crippen molar-refractivity contribution in [3.8, 4) is 11.5 Å². The largest absolute Gasteiger partial charge is 0.486 e. The molecule has 3 rings (SSSR count). The number of aryl methyl sites for hydroxylation is 1. The van der Waals surface area contributed by atoms with Gasteiger partial charge < -0.3 is 19.7 Å². The maximum atomic E-state index is 13.0. The number of anilines is 1. The number of rotatable bonds is 6. The Morgan fingerprint density at radius 2 is 1.96 bits per heavy atom. The van der Waals surface area contributed by atoms with E-state index in [1.165, 1.54) is 4.88 Å². The Morgan fingerprint density at radius 1 is 1.23 bits per heavy atom. The fourth-order valence-corrected chi connectivity index (χ4v) is 3.76. The lowest BCUT2D eigenvalue weighted by Crippen LogP contribution is -2.38. The van der Waals surface area contributed by atoms with E-state index in [0.29, 0.717) is 32.1 Å². The van der Waals surface area contributed by atoms with Gasteiger partial charge in [-0.1, -0.05) is 6.92 Å². The Morgan fingerprint density at radius 3 is 2.62 bits per heavy atom. The molecule has 26 heavy (non-hydrogen) atoms. The molecule has 2 heterocycles. The van der Waals surface area contributed by atoms with Crippen LogP contribution in [0.25, 0.3) is 0 Å². The Bertz CT molecular complexity index is 750. The monoisotopic (exact) mass is 396 g/mol. The summed E-state index contributed by atoms with van der Waals surface area (Å²) in [5, 5.41) is 3.08. The zero-order valence-corrected chi connectivity index (χ0v) is 16.9. The highest BCUT2D eigenvalue weighted by Gasteiger charge is 2.24. The molecule has 1 aromatic carbocycles. The van der Waals surface area contributed by atoms with Gasteiger partial charge in [-0.2, -0.15) is 0 Å². The van der Waals surface area contributed by atoms with Crippen LogP contribution in [0.3, 0.4) is 0 Å².